The molecule has 1 unspecified atom stereocenters. The molecule has 2 heterocycles. The van der Waals surface area contributed by atoms with Gasteiger partial charge in [0.25, 0.3) is 5.91 Å². The Morgan fingerprint density at radius 2 is 1.62 bits per heavy atom. The van der Waals surface area contributed by atoms with Gasteiger partial charge < -0.3 is 14.9 Å². The highest BCUT2D eigenvalue weighted by molar-refractivity contribution is 5.98. The van der Waals surface area contributed by atoms with Crippen LogP contribution in [-0.2, 0) is 22.6 Å². The van der Waals surface area contributed by atoms with Crippen LogP contribution in [0.5, 0.6) is 0 Å². The monoisotopic (exact) mass is 432 g/mol. The van der Waals surface area contributed by atoms with Crippen molar-refractivity contribution in [2.75, 3.05) is 13.1 Å². The summed E-state index contributed by atoms with van der Waals surface area (Å²) in [6, 6.07) is 15.5. The van der Waals surface area contributed by atoms with Gasteiger partial charge in [0.1, 0.15) is 0 Å². The molecule has 0 saturated heterocycles. The number of nitrogens with zero attached hydrogens (tertiary/aromatic N) is 2. The highest BCUT2D eigenvalue weighted by atomic mass is 16.4. The van der Waals surface area contributed by atoms with Crippen molar-refractivity contribution in [3.8, 4) is 0 Å². The molecule has 0 spiro atoms. The van der Waals surface area contributed by atoms with Crippen LogP contribution in [0.25, 0.3) is 0 Å². The lowest BCUT2D eigenvalue weighted by molar-refractivity contribution is -0.153. The normalized spacial score (nSPS) is 24.8. The standard InChI is InChI=1S/C26H28N2O4/c29-24-20-10-4-2-8-18(20)15-27(24)16-23-19-9-3-1-7-17(19)13-14-28(23)25(30)21-11-5-6-12-22(21)26(31)32/h1-4,7-10,21-23H,5-6,11-16H2,(H,31,32)/t21-,22+,23?/m0/s1. The molecule has 2 aliphatic heterocycles. The third-order valence-electron chi connectivity index (χ3n) is 7.39. The molecule has 6 nitrogen and oxygen atoms in total. The molecule has 166 valence electrons. The van der Waals surface area contributed by atoms with Crippen molar-refractivity contribution in [3.05, 3.63) is 70.8 Å². The van der Waals surface area contributed by atoms with E-state index in [-0.39, 0.29) is 17.9 Å². The average molecular weight is 433 g/mol. The Bertz CT molecular complexity index is 1070. The van der Waals surface area contributed by atoms with Crippen LogP contribution in [-0.4, -0.2) is 45.8 Å². The van der Waals surface area contributed by atoms with Gasteiger partial charge in [-0.05, 0) is 42.0 Å². The van der Waals surface area contributed by atoms with Gasteiger partial charge in [-0.25, -0.2) is 0 Å². The van der Waals surface area contributed by atoms with E-state index in [2.05, 4.69) is 6.07 Å². The number of carboxylic acid groups (broad SMARTS) is 1. The van der Waals surface area contributed by atoms with Crippen LogP contribution < -0.4 is 0 Å². The Labute approximate surface area is 187 Å². The first-order valence-electron chi connectivity index (χ1n) is 11.5. The molecule has 2 amide bonds. The van der Waals surface area contributed by atoms with Gasteiger partial charge in [-0.1, -0.05) is 55.3 Å². The molecule has 2 aromatic rings. The number of carboxylic acids is 1. The summed E-state index contributed by atoms with van der Waals surface area (Å²) >= 11 is 0. The Morgan fingerprint density at radius 1 is 0.938 bits per heavy atom. The van der Waals surface area contributed by atoms with Crippen molar-refractivity contribution >= 4 is 17.8 Å². The minimum Gasteiger partial charge on any atom is -0.481 e. The van der Waals surface area contributed by atoms with Crippen molar-refractivity contribution in [3.63, 3.8) is 0 Å². The molecule has 5 rings (SSSR count). The van der Waals surface area contributed by atoms with E-state index in [9.17, 15) is 19.5 Å². The molecular formula is C26H28N2O4. The summed E-state index contributed by atoms with van der Waals surface area (Å²) in [5.74, 6) is -2.05. The van der Waals surface area contributed by atoms with Gasteiger partial charge in [0.15, 0.2) is 0 Å². The Morgan fingerprint density at radius 3 is 2.38 bits per heavy atom. The van der Waals surface area contributed by atoms with E-state index in [0.717, 1.165) is 36.0 Å². The van der Waals surface area contributed by atoms with Gasteiger partial charge in [-0.3, -0.25) is 14.4 Å². The van der Waals surface area contributed by atoms with E-state index >= 15 is 0 Å². The first-order chi connectivity index (χ1) is 15.5. The first-order valence-corrected chi connectivity index (χ1v) is 11.5. The fourth-order valence-electron chi connectivity index (χ4n) is 5.72. The van der Waals surface area contributed by atoms with Gasteiger partial charge in [0.2, 0.25) is 5.91 Å². The molecule has 6 heteroatoms. The van der Waals surface area contributed by atoms with Crippen molar-refractivity contribution in [2.24, 2.45) is 11.8 Å². The van der Waals surface area contributed by atoms with Crippen molar-refractivity contribution in [1.82, 2.24) is 9.80 Å². The number of hydrogen-bond donors (Lipinski definition) is 1. The second kappa shape index (κ2) is 8.41. The van der Waals surface area contributed by atoms with Crippen LogP contribution in [0.1, 0.15) is 58.8 Å². The van der Waals surface area contributed by atoms with Crippen molar-refractivity contribution in [2.45, 2.75) is 44.7 Å². The molecule has 32 heavy (non-hydrogen) atoms. The first kappa shape index (κ1) is 20.7. The van der Waals surface area contributed by atoms with Gasteiger partial charge in [0.05, 0.1) is 17.9 Å². The second-order valence-corrected chi connectivity index (χ2v) is 9.17. The number of benzene rings is 2. The lowest BCUT2D eigenvalue weighted by Gasteiger charge is -2.42. The smallest absolute Gasteiger partial charge is 0.307 e. The molecule has 0 aromatic heterocycles. The Kier molecular flexibility index (Phi) is 5.45. The SMILES string of the molecule is O=C(O)[C@@H]1CCCC[C@@H]1C(=O)N1CCc2ccccc2C1CN1Cc2ccccc2C1=O. The number of carbonyl (C=O) groups excluding carboxylic acids is 2. The van der Waals surface area contributed by atoms with Gasteiger partial charge in [-0.15, -0.1) is 0 Å². The third kappa shape index (κ3) is 3.57. The number of aliphatic carboxylic acids is 1. The summed E-state index contributed by atoms with van der Waals surface area (Å²) < 4.78 is 0. The molecule has 0 bridgehead atoms. The second-order valence-electron chi connectivity index (χ2n) is 9.17. The molecule has 1 saturated carbocycles. The van der Waals surface area contributed by atoms with E-state index in [4.69, 9.17) is 0 Å². The Balaban J connectivity index is 1.45. The fourth-order valence-corrected chi connectivity index (χ4v) is 5.72. The molecule has 1 fully saturated rings. The van der Waals surface area contributed by atoms with Crippen LogP contribution in [0.15, 0.2) is 48.5 Å². The van der Waals surface area contributed by atoms with Crippen LogP contribution >= 0.6 is 0 Å². The summed E-state index contributed by atoms with van der Waals surface area (Å²) in [6.45, 7) is 1.51. The summed E-state index contributed by atoms with van der Waals surface area (Å²) in [4.78, 5) is 42.3. The zero-order valence-corrected chi connectivity index (χ0v) is 18.1. The van der Waals surface area contributed by atoms with Crippen LogP contribution in [0.4, 0.5) is 0 Å². The topological polar surface area (TPSA) is 77.9 Å². The van der Waals surface area contributed by atoms with Crippen molar-refractivity contribution in [1.29, 1.82) is 0 Å². The van der Waals surface area contributed by atoms with E-state index in [1.54, 1.807) is 0 Å². The molecule has 0 radical (unpaired) electrons. The minimum absolute atomic E-state index is 0.00266. The van der Waals surface area contributed by atoms with E-state index < -0.39 is 17.8 Å². The Hall–Kier alpha value is -3.15. The van der Waals surface area contributed by atoms with E-state index in [1.165, 1.54) is 5.56 Å². The largest absolute Gasteiger partial charge is 0.481 e. The van der Waals surface area contributed by atoms with Gasteiger partial charge >= 0.3 is 5.97 Å². The van der Waals surface area contributed by atoms with Gasteiger partial charge in [0, 0.05) is 25.2 Å². The van der Waals surface area contributed by atoms with Crippen LogP contribution in [0.3, 0.4) is 0 Å². The lowest BCUT2D eigenvalue weighted by atomic mass is 9.77. The lowest BCUT2D eigenvalue weighted by Crippen LogP contribution is -2.49. The van der Waals surface area contributed by atoms with Crippen molar-refractivity contribution < 1.29 is 19.5 Å². The molecule has 3 aliphatic rings. The highest BCUT2D eigenvalue weighted by Crippen LogP contribution is 2.38. The zero-order valence-electron chi connectivity index (χ0n) is 18.1. The summed E-state index contributed by atoms with van der Waals surface area (Å²) in [5.41, 5.74) is 4.01. The molecule has 1 N–H and O–H groups in total. The summed E-state index contributed by atoms with van der Waals surface area (Å²) in [5, 5.41) is 9.72. The number of fused-ring (bicyclic) bond motifs is 2. The average Bonchev–Trinajstić information content (AvgIpc) is 3.14. The van der Waals surface area contributed by atoms with Gasteiger partial charge in [-0.2, -0.15) is 0 Å². The maximum absolute atomic E-state index is 13.7. The summed E-state index contributed by atoms with van der Waals surface area (Å²) in [7, 11) is 0. The fraction of sp³-hybridized carbons (Fsp3) is 0.423. The summed E-state index contributed by atoms with van der Waals surface area (Å²) in [6.07, 6.45) is 3.66. The quantitative estimate of drug-likeness (QED) is 0.800. The zero-order chi connectivity index (χ0) is 22.2. The van der Waals surface area contributed by atoms with E-state index in [0.29, 0.717) is 32.5 Å². The highest BCUT2D eigenvalue weighted by Gasteiger charge is 2.42. The number of amides is 2. The third-order valence-corrected chi connectivity index (χ3v) is 7.39. The number of rotatable bonds is 4. The number of hydrogen-bond acceptors (Lipinski definition) is 3. The molecule has 1 aliphatic carbocycles. The number of carbonyl (C=O) groups is 3. The minimum atomic E-state index is -0.873. The molecule has 3 atom stereocenters. The predicted molar refractivity (Wildman–Crippen MR) is 119 cm³/mol. The van der Waals surface area contributed by atoms with Crippen LogP contribution in [0.2, 0.25) is 0 Å². The maximum Gasteiger partial charge on any atom is 0.307 e. The maximum atomic E-state index is 13.7. The van der Waals surface area contributed by atoms with E-state index in [1.807, 2.05) is 52.3 Å². The van der Waals surface area contributed by atoms with Crippen LogP contribution in [0, 0.1) is 11.8 Å². The molecule has 2 aromatic carbocycles. The predicted octanol–water partition coefficient (Wildman–Crippen LogP) is 3.66. The molecular weight excluding hydrogens is 404 g/mol.